The summed E-state index contributed by atoms with van der Waals surface area (Å²) in [4.78, 5) is 32.4. The molecule has 9 heteroatoms. The molecule has 4 aromatic rings. The van der Waals surface area contributed by atoms with Crippen LogP contribution in [0, 0.1) is 6.92 Å². The van der Waals surface area contributed by atoms with Gasteiger partial charge in [0, 0.05) is 34.6 Å². The van der Waals surface area contributed by atoms with Gasteiger partial charge in [-0.25, -0.2) is 4.98 Å². The Morgan fingerprint density at radius 1 is 1.05 bits per heavy atom. The van der Waals surface area contributed by atoms with Crippen molar-refractivity contribution in [1.29, 1.82) is 0 Å². The fourth-order valence-corrected chi connectivity index (χ4v) is 4.21. The Morgan fingerprint density at radius 2 is 1.84 bits per heavy atom. The number of aryl methyl sites for hydroxylation is 1. The third-order valence-corrected chi connectivity index (χ3v) is 6.25. The van der Waals surface area contributed by atoms with Gasteiger partial charge in [0.15, 0.2) is 11.5 Å². The zero-order valence-corrected chi connectivity index (χ0v) is 21.2. The van der Waals surface area contributed by atoms with Gasteiger partial charge in [-0.1, -0.05) is 35.9 Å². The molecule has 0 saturated heterocycles. The molecule has 1 aliphatic rings. The van der Waals surface area contributed by atoms with Crippen LogP contribution in [0.4, 0.5) is 5.95 Å². The number of nitrogens with one attached hydrogen (secondary N) is 1. The van der Waals surface area contributed by atoms with E-state index in [9.17, 15) is 9.59 Å². The number of likely N-dealkylation sites (N-methyl/N-ethyl adjacent to an activating group) is 1. The van der Waals surface area contributed by atoms with E-state index in [2.05, 4.69) is 10.3 Å². The molecule has 0 fully saturated rings. The van der Waals surface area contributed by atoms with Crippen LogP contribution in [0.2, 0.25) is 5.02 Å². The van der Waals surface area contributed by atoms with Gasteiger partial charge in [-0.3, -0.25) is 19.5 Å². The van der Waals surface area contributed by atoms with E-state index in [1.54, 1.807) is 30.3 Å². The van der Waals surface area contributed by atoms with Crippen molar-refractivity contribution in [3.63, 3.8) is 0 Å². The van der Waals surface area contributed by atoms with Crippen LogP contribution in [0.3, 0.4) is 0 Å². The predicted octanol–water partition coefficient (Wildman–Crippen LogP) is 5.33. The zero-order chi connectivity index (χ0) is 25.9. The molecule has 0 bridgehead atoms. The van der Waals surface area contributed by atoms with Crippen LogP contribution in [0.15, 0.2) is 72.9 Å². The van der Waals surface area contributed by atoms with Gasteiger partial charge in [0.05, 0.1) is 5.69 Å². The van der Waals surface area contributed by atoms with Crippen molar-refractivity contribution in [1.82, 2.24) is 14.5 Å². The van der Waals surface area contributed by atoms with E-state index in [0.717, 1.165) is 16.8 Å². The molecule has 37 heavy (non-hydrogen) atoms. The normalized spacial score (nSPS) is 11.9. The summed E-state index contributed by atoms with van der Waals surface area (Å²) in [6, 6.07) is 20.2. The van der Waals surface area contributed by atoms with Crippen LogP contribution in [-0.2, 0) is 4.79 Å². The molecule has 0 atom stereocenters. The number of hydrogen-bond donors (Lipinski definition) is 1. The van der Waals surface area contributed by atoms with Crippen molar-refractivity contribution in [3.05, 3.63) is 89.1 Å². The number of benzene rings is 3. The molecule has 1 aromatic heterocycles. The topological polar surface area (TPSA) is 85.7 Å². The summed E-state index contributed by atoms with van der Waals surface area (Å²) in [5, 5.41) is 3.52. The van der Waals surface area contributed by atoms with Crippen LogP contribution in [0.5, 0.6) is 11.5 Å². The average Bonchev–Trinajstić information content (AvgIpc) is 3.54. The molecule has 0 unspecified atom stereocenters. The Labute approximate surface area is 219 Å². The Hall–Kier alpha value is -4.30. The maximum Gasteiger partial charge on any atom is 0.254 e. The first-order chi connectivity index (χ1) is 17.9. The molecule has 0 spiro atoms. The van der Waals surface area contributed by atoms with Crippen LogP contribution >= 0.6 is 11.6 Å². The monoisotopic (exact) mass is 516 g/mol. The third kappa shape index (κ3) is 5.29. The summed E-state index contributed by atoms with van der Waals surface area (Å²) in [6.07, 6.45) is 1.86. The summed E-state index contributed by atoms with van der Waals surface area (Å²) in [5.41, 5.74) is 3.89. The molecule has 1 N–H and O–H groups in total. The summed E-state index contributed by atoms with van der Waals surface area (Å²) in [5.74, 6) is 0.822. The molecule has 0 aliphatic carbocycles. The van der Waals surface area contributed by atoms with E-state index in [-0.39, 0.29) is 25.2 Å². The number of carbonyl (C=O) groups is 2. The lowest BCUT2D eigenvalue weighted by molar-refractivity contribution is -0.116. The Bertz CT molecular complexity index is 1470. The van der Waals surface area contributed by atoms with Gasteiger partial charge in [0.1, 0.15) is 6.54 Å². The SMILES string of the molecule is CCN(CC(=O)Nc1nc(-c2ccc(Cl)cc2)cn1-c1cccc(C)c1)C(=O)c1ccc2c(c1)OCO2. The first kappa shape index (κ1) is 24.4. The highest BCUT2D eigenvalue weighted by Gasteiger charge is 2.22. The molecule has 0 saturated carbocycles. The van der Waals surface area contributed by atoms with E-state index < -0.39 is 0 Å². The number of fused-ring (bicyclic) bond motifs is 1. The van der Waals surface area contributed by atoms with Crippen LogP contribution in [0.1, 0.15) is 22.8 Å². The van der Waals surface area contributed by atoms with Crippen molar-refractivity contribution in [2.45, 2.75) is 13.8 Å². The minimum Gasteiger partial charge on any atom is -0.454 e. The average molecular weight is 517 g/mol. The van der Waals surface area contributed by atoms with Gasteiger partial charge in [-0.15, -0.1) is 0 Å². The smallest absolute Gasteiger partial charge is 0.254 e. The maximum absolute atomic E-state index is 13.1. The van der Waals surface area contributed by atoms with Crippen molar-refractivity contribution in [3.8, 4) is 28.4 Å². The Balaban J connectivity index is 1.39. The Kier molecular flexibility index (Phi) is 6.83. The molecule has 8 nitrogen and oxygen atoms in total. The minimum atomic E-state index is -0.363. The molecule has 0 radical (unpaired) electrons. The van der Waals surface area contributed by atoms with E-state index in [1.807, 2.05) is 61.0 Å². The van der Waals surface area contributed by atoms with Crippen molar-refractivity contribution < 1.29 is 19.1 Å². The number of nitrogens with zero attached hydrogens (tertiary/aromatic N) is 3. The zero-order valence-electron chi connectivity index (χ0n) is 20.4. The molecule has 3 aromatic carbocycles. The number of anilines is 1. The van der Waals surface area contributed by atoms with Gasteiger partial charge >= 0.3 is 0 Å². The fraction of sp³-hybridized carbons (Fsp3) is 0.179. The number of aromatic nitrogens is 2. The molecular formula is C28H25ClN4O4. The molecular weight excluding hydrogens is 492 g/mol. The van der Waals surface area contributed by atoms with E-state index >= 15 is 0 Å². The minimum absolute atomic E-state index is 0.123. The van der Waals surface area contributed by atoms with Gasteiger partial charge in [-0.05, 0) is 61.9 Å². The number of ether oxygens (including phenoxy) is 2. The maximum atomic E-state index is 13.1. The standard InChI is InChI=1S/C28H25ClN4O4/c1-3-32(27(35)20-9-12-24-25(14-20)37-17-36-24)16-26(34)31-28-30-23(19-7-10-21(29)11-8-19)15-33(28)22-6-4-5-18(2)13-22/h4-15H,3,16-17H2,1-2H3,(H,30,31,34). The van der Waals surface area contributed by atoms with Crippen molar-refractivity contribution >= 4 is 29.4 Å². The second-order valence-corrected chi connectivity index (χ2v) is 9.04. The second-order valence-electron chi connectivity index (χ2n) is 8.60. The lowest BCUT2D eigenvalue weighted by Gasteiger charge is -2.20. The molecule has 2 heterocycles. The quantitative estimate of drug-likeness (QED) is 0.359. The number of carbonyl (C=O) groups excluding carboxylic acids is 2. The highest BCUT2D eigenvalue weighted by Crippen LogP contribution is 2.33. The largest absolute Gasteiger partial charge is 0.454 e. The first-order valence-corrected chi connectivity index (χ1v) is 12.2. The van der Waals surface area contributed by atoms with Crippen molar-refractivity contribution in [2.75, 3.05) is 25.2 Å². The summed E-state index contributed by atoms with van der Waals surface area (Å²) in [7, 11) is 0. The van der Waals surface area contributed by atoms with E-state index in [1.165, 1.54) is 4.90 Å². The van der Waals surface area contributed by atoms with E-state index in [4.69, 9.17) is 21.1 Å². The number of imidazole rings is 1. The molecule has 188 valence electrons. The van der Waals surface area contributed by atoms with Gasteiger partial charge < -0.3 is 14.4 Å². The van der Waals surface area contributed by atoms with Gasteiger partial charge in [0.25, 0.3) is 5.91 Å². The lowest BCUT2D eigenvalue weighted by atomic mass is 10.1. The first-order valence-electron chi connectivity index (χ1n) is 11.8. The second kappa shape index (κ2) is 10.4. The summed E-state index contributed by atoms with van der Waals surface area (Å²) < 4.78 is 12.5. The Morgan fingerprint density at radius 3 is 2.59 bits per heavy atom. The summed E-state index contributed by atoms with van der Waals surface area (Å²) >= 11 is 6.05. The third-order valence-electron chi connectivity index (χ3n) is 6.00. The highest BCUT2D eigenvalue weighted by atomic mass is 35.5. The molecule has 1 aliphatic heterocycles. The highest BCUT2D eigenvalue weighted by molar-refractivity contribution is 6.30. The van der Waals surface area contributed by atoms with E-state index in [0.29, 0.717) is 40.3 Å². The van der Waals surface area contributed by atoms with Crippen LogP contribution in [0.25, 0.3) is 16.9 Å². The van der Waals surface area contributed by atoms with Crippen molar-refractivity contribution in [2.24, 2.45) is 0 Å². The number of halogens is 1. The fourth-order valence-electron chi connectivity index (χ4n) is 4.08. The van der Waals surface area contributed by atoms with Gasteiger partial charge in [0.2, 0.25) is 18.6 Å². The number of amides is 2. The van der Waals surface area contributed by atoms with Crippen LogP contribution < -0.4 is 14.8 Å². The predicted molar refractivity (Wildman–Crippen MR) is 142 cm³/mol. The lowest BCUT2D eigenvalue weighted by Crippen LogP contribution is -2.38. The van der Waals surface area contributed by atoms with Crippen LogP contribution in [-0.4, -0.2) is 46.1 Å². The molecule has 5 rings (SSSR count). The number of hydrogen-bond acceptors (Lipinski definition) is 5. The summed E-state index contributed by atoms with van der Waals surface area (Å²) in [6.45, 7) is 4.16. The number of rotatable bonds is 7. The molecule has 2 amide bonds. The van der Waals surface area contributed by atoms with Gasteiger partial charge in [-0.2, -0.15) is 0 Å².